The molecule has 4 aromatic rings. The Balaban J connectivity index is 1.51. The number of anilines is 1. The first-order valence-electron chi connectivity index (χ1n) is 13.4. The van der Waals surface area contributed by atoms with Crippen molar-refractivity contribution in [1.82, 2.24) is 20.0 Å². The highest BCUT2D eigenvalue weighted by Gasteiger charge is 2.36. The first kappa shape index (κ1) is 29.5. The van der Waals surface area contributed by atoms with Crippen molar-refractivity contribution in [2.45, 2.75) is 32.1 Å². The number of benzene rings is 3. The zero-order chi connectivity index (χ0) is 31.1. The van der Waals surface area contributed by atoms with E-state index in [0.29, 0.717) is 33.4 Å². The molecule has 222 valence electrons. The van der Waals surface area contributed by atoms with E-state index in [0.717, 1.165) is 12.1 Å². The summed E-state index contributed by atoms with van der Waals surface area (Å²) in [5, 5.41) is 10.8. The van der Waals surface area contributed by atoms with E-state index in [1.54, 1.807) is 47.1 Å². The van der Waals surface area contributed by atoms with E-state index < -0.39 is 35.4 Å². The van der Waals surface area contributed by atoms with E-state index in [1.165, 1.54) is 17.0 Å². The standard InChI is InChI=1S/C31H27F4N5O3/c1-17(2)36-28(41)20-9-13-22(14-10-20)37-29(42)25-6-4-5-24-26(19-7-11-21(12-8-19)31(33,34)35)38-40(27(24)25)23-15-39(16-23)30(43)18(3)32/h4-14,17,23H,3,15-16H2,1-2H3,(H,36,41)(H,37,42). The lowest BCUT2D eigenvalue weighted by molar-refractivity contribution is -0.137. The smallest absolute Gasteiger partial charge is 0.350 e. The van der Waals surface area contributed by atoms with E-state index in [4.69, 9.17) is 0 Å². The molecule has 1 saturated heterocycles. The van der Waals surface area contributed by atoms with Gasteiger partial charge in [-0.05, 0) is 56.3 Å². The number of nitrogens with zero attached hydrogens (tertiary/aromatic N) is 3. The average Bonchev–Trinajstić information content (AvgIpc) is 3.31. The largest absolute Gasteiger partial charge is 0.416 e. The van der Waals surface area contributed by atoms with E-state index >= 15 is 0 Å². The zero-order valence-electron chi connectivity index (χ0n) is 23.2. The molecule has 5 rings (SSSR count). The van der Waals surface area contributed by atoms with Gasteiger partial charge in [0.1, 0.15) is 5.69 Å². The van der Waals surface area contributed by atoms with Crippen molar-refractivity contribution in [3.63, 3.8) is 0 Å². The number of halogens is 4. The van der Waals surface area contributed by atoms with Crippen LogP contribution in [0.1, 0.15) is 46.2 Å². The Morgan fingerprint density at radius 2 is 1.60 bits per heavy atom. The van der Waals surface area contributed by atoms with Gasteiger partial charge in [-0.2, -0.15) is 18.3 Å². The van der Waals surface area contributed by atoms with Crippen molar-refractivity contribution >= 4 is 34.3 Å². The zero-order valence-corrected chi connectivity index (χ0v) is 23.2. The summed E-state index contributed by atoms with van der Waals surface area (Å²) in [4.78, 5) is 39.1. The second-order valence-electron chi connectivity index (χ2n) is 10.5. The normalized spacial score (nSPS) is 13.6. The highest BCUT2D eigenvalue weighted by atomic mass is 19.4. The molecule has 3 amide bonds. The van der Waals surface area contributed by atoms with Gasteiger partial charge in [-0.1, -0.05) is 30.8 Å². The van der Waals surface area contributed by atoms with Gasteiger partial charge in [-0.25, -0.2) is 4.39 Å². The number of likely N-dealkylation sites (tertiary alicyclic amines) is 1. The van der Waals surface area contributed by atoms with Gasteiger partial charge >= 0.3 is 6.18 Å². The maximum atomic E-state index is 13.6. The fraction of sp³-hybridized carbons (Fsp3) is 0.226. The molecule has 8 nitrogen and oxygen atoms in total. The molecule has 1 fully saturated rings. The Bertz CT molecular complexity index is 1720. The topological polar surface area (TPSA) is 96.3 Å². The van der Waals surface area contributed by atoms with Gasteiger partial charge in [0.2, 0.25) is 0 Å². The summed E-state index contributed by atoms with van der Waals surface area (Å²) in [6.45, 7) is 6.93. The third-order valence-corrected chi connectivity index (χ3v) is 7.01. The van der Waals surface area contributed by atoms with Crippen LogP contribution in [-0.4, -0.2) is 51.5 Å². The molecule has 2 heterocycles. The maximum absolute atomic E-state index is 13.6. The van der Waals surface area contributed by atoms with Crippen molar-refractivity contribution in [3.8, 4) is 11.3 Å². The second-order valence-corrected chi connectivity index (χ2v) is 10.5. The molecule has 1 aromatic heterocycles. The molecular formula is C31H27F4N5O3. The summed E-state index contributed by atoms with van der Waals surface area (Å²) < 4.78 is 54.5. The monoisotopic (exact) mass is 593 g/mol. The molecule has 0 aliphatic carbocycles. The van der Waals surface area contributed by atoms with Crippen LogP contribution in [0.4, 0.5) is 23.2 Å². The SMILES string of the molecule is C=C(F)C(=O)N1CC(n2nc(-c3ccc(C(F)(F)F)cc3)c3cccc(C(=O)Nc4ccc(C(=O)NC(C)C)cc4)c32)C1. The van der Waals surface area contributed by atoms with Gasteiger partial charge in [0.25, 0.3) is 17.7 Å². The van der Waals surface area contributed by atoms with Gasteiger partial charge in [0.05, 0.1) is 22.7 Å². The summed E-state index contributed by atoms with van der Waals surface area (Å²) in [6, 6.07) is 15.3. The summed E-state index contributed by atoms with van der Waals surface area (Å²) in [5.41, 5.74) is 1.41. The predicted molar refractivity (Wildman–Crippen MR) is 153 cm³/mol. The number of nitrogens with one attached hydrogen (secondary N) is 2. The van der Waals surface area contributed by atoms with Crippen LogP contribution < -0.4 is 10.6 Å². The van der Waals surface area contributed by atoms with Crippen molar-refractivity contribution in [2.24, 2.45) is 0 Å². The van der Waals surface area contributed by atoms with Crippen LogP contribution in [0.2, 0.25) is 0 Å². The lowest BCUT2D eigenvalue weighted by Crippen LogP contribution is -2.51. The number of aromatic nitrogens is 2. The van der Waals surface area contributed by atoms with Crippen LogP contribution in [0.5, 0.6) is 0 Å². The Kier molecular flexibility index (Phi) is 7.78. The summed E-state index contributed by atoms with van der Waals surface area (Å²) in [6.07, 6.45) is -4.51. The summed E-state index contributed by atoms with van der Waals surface area (Å²) >= 11 is 0. The van der Waals surface area contributed by atoms with Gasteiger partial charge in [-0.15, -0.1) is 0 Å². The number of carbonyl (C=O) groups excluding carboxylic acids is 3. The molecule has 0 bridgehead atoms. The number of rotatable bonds is 7. The maximum Gasteiger partial charge on any atom is 0.416 e. The van der Waals surface area contributed by atoms with Crippen molar-refractivity contribution in [1.29, 1.82) is 0 Å². The fourth-order valence-corrected chi connectivity index (χ4v) is 4.87. The molecule has 0 saturated carbocycles. The third-order valence-electron chi connectivity index (χ3n) is 7.01. The molecule has 0 spiro atoms. The van der Waals surface area contributed by atoms with Crippen LogP contribution >= 0.6 is 0 Å². The molecule has 1 aliphatic rings. The first-order valence-corrected chi connectivity index (χ1v) is 13.4. The number of carbonyl (C=O) groups is 3. The lowest BCUT2D eigenvalue weighted by Gasteiger charge is -2.39. The molecule has 0 atom stereocenters. The number of hydrogen-bond acceptors (Lipinski definition) is 4. The number of fused-ring (bicyclic) bond motifs is 1. The van der Waals surface area contributed by atoms with E-state index in [1.807, 2.05) is 13.8 Å². The molecule has 3 aromatic carbocycles. The Hall–Kier alpha value is -5.00. The lowest BCUT2D eigenvalue weighted by atomic mass is 10.0. The Morgan fingerprint density at radius 3 is 2.19 bits per heavy atom. The molecule has 0 radical (unpaired) electrons. The van der Waals surface area contributed by atoms with Crippen molar-refractivity contribution in [2.75, 3.05) is 18.4 Å². The first-order chi connectivity index (χ1) is 20.3. The van der Waals surface area contributed by atoms with Crippen LogP contribution in [0.15, 0.2) is 79.1 Å². The number of para-hydroxylation sites is 1. The fourth-order valence-electron chi connectivity index (χ4n) is 4.87. The van der Waals surface area contributed by atoms with Crippen LogP contribution in [-0.2, 0) is 11.0 Å². The molecule has 12 heteroatoms. The Morgan fingerprint density at radius 1 is 0.953 bits per heavy atom. The molecule has 0 unspecified atom stereocenters. The predicted octanol–water partition coefficient (Wildman–Crippen LogP) is 5.98. The molecule has 43 heavy (non-hydrogen) atoms. The van der Waals surface area contributed by atoms with Gasteiger partial charge < -0.3 is 15.5 Å². The van der Waals surface area contributed by atoms with Crippen LogP contribution in [0, 0.1) is 0 Å². The Labute approximate surface area is 244 Å². The minimum absolute atomic E-state index is 0.0404. The average molecular weight is 594 g/mol. The van der Waals surface area contributed by atoms with E-state index in [9.17, 15) is 31.9 Å². The van der Waals surface area contributed by atoms with Gasteiger partial charge in [0.15, 0.2) is 5.83 Å². The minimum atomic E-state index is -4.51. The van der Waals surface area contributed by atoms with Crippen molar-refractivity contribution < 1.29 is 31.9 Å². The molecule has 2 N–H and O–H groups in total. The van der Waals surface area contributed by atoms with E-state index in [-0.39, 0.29) is 30.6 Å². The highest BCUT2D eigenvalue weighted by molar-refractivity contribution is 6.14. The van der Waals surface area contributed by atoms with Crippen molar-refractivity contribution in [3.05, 3.63) is 95.8 Å². The molecular weight excluding hydrogens is 566 g/mol. The number of amides is 3. The minimum Gasteiger partial charge on any atom is -0.350 e. The second kappa shape index (κ2) is 11.3. The van der Waals surface area contributed by atoms with Crippen LogP contribution in [0.3, 0.4) is 0 Å². The highest BCUT2D eigenvalue weighted by Crippen LogP contribution is 2.36. The summed E-state index contributed by atoms with van der Waals surface area (Å²) in [5.74, 6) is -2.68. The van der Waals surface area contributed by atoms with Crippen LogP contribution in [0.25, 0.3) is 22.2 Å². The third kappa shape index (κ3) is 5.99. The summed E-state index contributed by atoms with van der Waals surface area (Å²) in [7, 11) is 0. The van der Waals surface area contributed by atoms with E-state index in [2.05, 4.69) is 22.3 Å². The number of hydrogen-bond donors (Lipinski definition) is 2. The molecule has 1 aliphatic heterocycles. The quantitative estimate of drug-likeness (QED) is 0.204. The van der Waals surface area contributed by atoms with Gasteiger partial charge in [0, 0.05) is 41.3 Å². The number of alkyl halides is 3. The van der Waals surface area contributed by atoms with Gasteiger partial charge in [-0.3, -0.25) is 19.1 Å².